The smallest absolute Gasteiger partial charge is 0.247 e. The Morgan fingerprint density at radius 1 is 1.55 bits per heavy atom. The molecular formula is C13H23N3O2S4. The summed E-state index contributed by atoms with van der Waals surface area (Å²) >= 11 is 4.80. The van der Waals surface area contributed by atoms with E-state index in [2.05, 4.69) is 22.8 Å². The summed E-state index contributed by atoms with van der Waals surface area (Å²) in [5.41, 5.74) is 1.08. The Morgan fingerprint density at radius 2 is 2.32 bits per heavy atom. The van der Waals surface area contributed by atoms with Gasteiger partial charge in [0.05, 0.1) is 4.21 Å². The molecule has 2 rings (SSSR count). The molecule has 0 amide bonds. The highest BCUT2D eigenvalue weighted by molar-refractivity contribution is 7.99. The zero-order chi connectivity index (χ0) is 16.2. The number of nitrogens with one attached hydrogen (secondary N) is 1. The molecule has 0 saturated carbocycles. The van der Waals surface area contributed by atoms with E-state index in [0.717, 1.165) is 48.0 Å². The third kappa shape index (κ3) is 4.86. The molecule has 0 spiro atoms. The van der Waals surface area contributed by atoms with Crippen molar-refractivity contribution >= 4 is 45.1 Å². The third-order valence-corrected chi connectivity index (χ3v) is 7.88. The fourth-order valence-electron chi connectivity index (χ4n) is 2.29. The number of fused-ring (bicyclic) bond motifs is 1. The Balaban J connectivity index is 2.18. The van der Waals surface area contributed by atoms with Crippen LogP contribution < -0.4 is 10.5 Å². The van der Waals surface area contributed by atoms with Gasteiger partial charge in [-0.1, -0.05) is 6.92 Å². The Kier molecular flexibility index (Phi) is 7.06. The molecule has 3 N–H and O–H groups in total. The Labute approximate surface area is 145 Å². The number of rotatable bonds is 8. The number of hydrogen-bond donors (Lipinski definition) is 2. The van der Waals surface area contributed by atoms with Crippen LogP contribution in [0.25, 0.3) is 0 Å². The first-order valence-corrected chi connectivity index (χ1v) is 11.8. The van der Waals surface area contributed by atoms with Gasteiger partial charge in [0.2, 0.25) is 10.0 Å². The van der Waals surface area contributed by atoms with Gasteiger partial charge in [0, 0.05) is 19.1 Å². The molecule has 1 aromatic rings. The van der Waals surface area contributed by atoms with E-state index in [9.17, 15) is 8.42 Å². The second-order valence-corrected chi connectivity index (χ2v) is 10.4. The van der Waals surface area contributed by atoms with Gasteiger partial charge >= 0.3 is 0 Å². The molecule has 1 aliphatic heterocycles. The number of primary sulfonamides is 1. The van der Waals surface area contributed by atoms with Gasteiger partial charge in [0.25, 0.3) is 0 Å². The predicted octanol–water partition coefficient (Wildman–Crippen LogP) is 2.51. The lowest BCUT2D eigenvalue weighted by atomic mass is 10.1. The van der Waals surface area contributed by atoms with Crippen LogP contribution in [0.5, 0.6) is 0 Å². The van der Waals surface area contributed by atoms with Crippen molar-refractivity contribution in [1.82, 2.24) is 9.62 Å². The summed E-state index contributed by atoms with van der Waals surface area (Å²) < 4.78 is 26.9. The van der Waals surface area contributed by atoms with Crippen molar-refractivity contribution < 1.29 is 8.42 Å². The Hall–Kier alpha value is 0.230. The van der Waals surface area contributed by atoms with Crippen LogP contribution in [0.4, 0.5) is 0 Å². The second kappa shape index (κ2) is 8.36. The molecule has 1 unspecified atom stereocenters. The van der Waals surface area contributed by atoms with Gasteiger partial charge in [-0.25, -0.2) is 17.9 Å². The van der Waals surface area contributed by atoms with E-state index in [1.807, 2.05) is 11.8 Å². The molecule has 5 nitrogen and oxygen atoms in total. The number of thiophene rings is 1. The number of hydrogen-bond acceptors (Lipinski definition) is 7. The standard InChI is InChI=1S/C13H23N3O2S4/c1-3-5-15-11-9-16(6-4-7-19-2)21-13-10(11)8-12(20-13)22(14,17)18/h8,11,15H,3-7,9H2,1-2H3,(H2,14,17,18). The highest BCUT2D eigenvalue weighted by Crippen LogP contribution is 2.43. The van der Waals surface area contributed by atoms with E-state index in [0.29, 0.717) is 0 Å². The normalized spacial score (nSPS) is 19.3. The van der Waals surface area contributed by atoms with Crippen molar-refractivity contribution in [3.8, 4) is 0 Å². The first kappa shape index (κ1) is 18.6. The van der Waals surface area contributed by atoms with Crippen molar-refractivity contribution in [1.29, 1.82) is 0 Å². The largest absolute Gasteiger partial charge is 0.309 e. The van der Waals surface area contributed by atoms with Crippen LogP contribution in [-0.4, -0.2) is 44.4 Å². The highest BCUT2D eigenvalue weighted by atomic mass is 32.3. The Bertz CT molecular complexity index is 588. The molecule has 0 bridgehead atoms. The fraction of sp³-hybridized carbons (Fsp3) is 0.692. The zero-order valence-electron chi connectivity index (χ0n) is 12.9. The van der Waals surface area contributed by atoms with Gasteiger partial charge in [-0.05, 0) is 55.0 Å². The molecule has 1 aliphatic rings. The van der Waals surface area contributed by atoms with Crippen LogP contribution in [0, 0.1) is 0 Å². The average Bonchev–Trinajstić information content (AvgIpc) is 2.89. The predicted molar refractivity (Wildman–Crippen MR) is 97.2 cm³/mol. The summed E-state index contributed by atoms with van der Waals surface area (Å²) in [5.74, 6) is 1.14. The van der Waals surface area contributed by atoms with Gasteiger partial charge in [0.1, 0.15) is 4.21 Å². The fourth-order valence-corrected chi connectivity index (χ4v) is 6.28. The maximum absolute atomic E-state index is 11.6. The van der Waals surface area contributed by atoms with Gasteiger partial charge < -0.3 is 5.32 Å². The maximum Gasteiger partial charge on any atom is 0.247 e. The second-order valence-electron chi connectivity index (χ2n) is 5.19. The molecule has 9 heteroatoms. The molecule has 0 aromatic carbocycles. The minimum Gasteiger partial charge on any atom is -0.309 e. The first-order valence-electron chi connectivity index (χ1n) is 7.27. The van der Waals surface area contributed by atoms with E-state index in [1.54, 1.807) is 18.0 Å². The van der Waals surface area contributed by atoms with Gasteiger partial charge in [-0.2, -0.15) is 11.8 Å². The number of nitrogens with zero attached hydrogens (tertiary/aromatic N) is 1. The molecule has 0 aliphatic carbocycles. The molecule has 1 aromatic heterocycles. The number of thioether (sulfide) groups is 1. The van der Waals surface area contributed by atoms with Crippen LogP contribution in [0.15, 0.2) is 14.5 Å². The lowest BCUT2D eigenvalue weighted by Crippen LogP contribution is -2.35. The van der Waals surface area contributed by atoms with Crippen molar-refractivity contribution in [2.75, 3.05) is 31.6 Å². The summed E-state index contributed by atoms with van der Waals surface area (Å²) in [6.07, 6.45) is 4.31. The van der Waals surface area contributed by atoms with E-state index >= 15 is 0 Å². The lowest BCUT2D eigenvalue weighted by Gasteiger charge is -2.32. The number of sulfonamides is 1. The summed E-state index contributed by atoms with van der Waals surface area (Å²) in [4.78, 5) is 0. The van der Waals surface area contributed by atoms with E-state index < -0.39 is 10.0 Å². The van der Waals surface area contributed by atoms with Crippen molar-refractivity contribution in [3.05, 3.63) is 11.6 Å². The first-order chi connectivity index (χ1) is 10.5. The van der Waals surface area contributed by atoms with Crippen LogP contribution in [0.1, 0.15) is 31.4 Å². The Morgan fingerprint density at radius 3 is 2.95 bits per heavy atom. The van der Waals surface area contributed by atoms with Gasteiger partial charge in [-0.15, -0.1) is 11.3 Å². The minimum absolute atomic E-state index is 0.178. The van der Waals surface area contributed by atoms with Gasteiger partial charge in [-0.3, -0.25) is 0 Å². The zero-order valence-corrected chi connectivity index (χ0v) is 16.1. The topological polar surface area (TPSA) is 75.4 Å². The number of nitrogens with two attached hydrogens (primary N) is 1. The molecule has 1 atom stereocenters. The maximum atomic E-state index is 11.6. The highest BCUT2D eigenvalue weighted by Gasteiger charge is 2.29. The molecule has 22 heavy (non-hydrogen) atoms. The molecule has 0 fully saturated rings. The average molecular weight is 382 g/mol. The van der Waals surface area contributed by atoms with Crippen molar-refractivity contribution in [2.45, 2.75) is 34.2 Å². The van der Waals surface area contributed by atoms with Crippen LogP contribution in [-0.2, 0) is 10.0 Å². The summed E-state index contributed by atoms with van der Waals surface area (Å²) in [7, 11) is -3.62. The van der Waals surface area contributed by atoms with Crippen LogP contribution in [0.2, 0.25) is 0 Å². The molecular weight excluding hydrogens is 358 g/mol. The molecule has 2 heterocycles. The van der Waals surface area contributed by atoms with Crippen LogP contribution >= 0.6 is 35.0 Å². The van der Waals surface area contributed by atoms with Crippen LogP contribution in [0.3, 0.4) is 0 Å². The monoisotopic (exact) mass is 381 g/mol. The lowest BCUT2D eigenvalue weighted by molar-refractivity contribution is 0.376. The third-order valence-electron chi connectivity index (χ3n) is 3.35. The molecule has 0 radical (unpaired) electrons. The quantitative estimate of drug-likeness (QED) is 0.532. The van der Waals surface area contributed by atoms with E-state index in [4.69, 9.17) is 5.14 Å². The van der Waals surface area contributed by atoms with Gasteiger partial charge in [0.15, 0.2) is 0 Å². The van der Waals surface area contributed by atoms with E-state index in [1.165, 1.54) is 11.3 Å². The van der Waals surface area contributed by atoms with Crippen molar-refractivity contribution in [3.63, 3.8) is 0 Å². The van der Waals surface area contributed by atoms with Crippen molar-refractivity contribution in [2.24, 2.45) is 5.14 Å². The summed E-state index contributed by atoms with van der Waals surface area (Å²) in [6.45, 7) is 4.96. The molecule has 0 saturated heterocycles. The summed E-state index contributed by atoms with van der Waals surface area (Å²) in [6, 6.07) is 1.92. The SMILES string of the molecule is CCCNC1CN(CCCSC)Sc2sc(S(N)(=O)=O)cc21. The molecule has 126 valence electrons. The minimum atomic E-state index is -3.62. The van der Waals surface area contributed by atoms with E-state index in [-0.39, 0.29) is 10.3 Å². The summed E-state index contributed by atoms with van der Waals surface area (Å²) in [5, 5.41) is 8.81.